The summed E-state index contributed by atoms with van der Waals surface area (Å²) in [6.45, 7) is 6.58. The third kappa shape index (κ3) is 5.46. The molecule has 1 N–H and O–H groups in total. The van der Waals surface area contributed by atoms with Crippen LogP contribution in [0.3, 0.4) is 0 Å². The van der Waals surface area contributed by atoms with Gasteiger partial charge in [-0.25, -0.2) is 0 Å². The first-order chi connectivity index (χ1) is 10.3. The van der Waals surface area contributed by atoms with Gasteiger partial charge in [0.05, 0.1) is 6.20 Å². The van der Waals surface area contributed by atoms with Gasteiger partial charge in [-0.05, 0) is 38.1 Å². The average molecular weight is 291 g/mol. The van der Waals surface area contributed by atoms with E-state index in [1.165, 1.54) is 56.9 Å². The van der Waals surface area contributed by atoms with Gasteiger partial charge in [0.25, 0.3) is 0 Å². The number of nitrogens with zero attached hydrogens (tertiary/aromatic N) is 2. The third-order valence-corrected chi connectivity index (χ3v) is 4.74. The summed E-state index contributed by atoms with van der Waals surface area (Å²) in [5.41, 5.74) is 1.38. The molecule has 0 bridgehead atoms. The lowest BCUT2D eigenvalue weighted by Gasteiger charge is -2.24. The zero-order valence-electron chi connectivity index (χ0n) is 14.0. The molecule has 0 spiro atoms. The van der Waals surface area contributed by atoms with E-state index in [2.05, 4.69) is 41.3 Å². The Balaban J connectivity index is 1.88. The van der Waals surface area contributed by atoms with Gasteiger partial charge < -0.3 is 5.32 Å². The highest BCUT2D eigenvalue weighted by Gasteiger charge is 2.18. The fourth-order valence-corrected chi connectivity index (χ4v) is 3.49. The van der Waals surface area contributed by atoms with Crippen molar-refractivity contribution >= 4 is 0 Å². The van der Waals surface area contributed by atoms with Crippen LogP contribution in [0.2, 0.25) is 0 Å². The van der Waals surface area contributed by atoms with Crippen LogP contribution in [0.25, 0.3) is 0 Å². The Kier molecular flexibility index (Phi) is 7.28. The Bertz CT molecular complexity index is 380. The quantitative estimate of drug-likeness (QED) is 0.715. The number of hydrogen-bond donors (Lipinski definition) is 1. The molecule has 1 aromatic heterocycles. The van der Waals surface area contributed by atoms with Crippen molar-refractivity contribution in [1.29, 1.82) is 0 Å². The standard InChI is InChI=1S/C18H33N3/c1-3-12-19-18(11-10-16-8-6-5-7-9-16)17-14-20-21(15-17)13-4-2/h14-16,18-19H,3-13H2,1-2H3. The summed E-state index contributed by atoms with van der Waals surface area (Å²) in [5.74, 6) is 0.968. The van der Waals surface area contributed by atoms with E-state index >= 15 is 0 Å². The van der Waals surface area contributed by atoms with E-state index < -0.39 is 0 Å². The van der Waals surface area contributed by atoms with Gasteiger partial charge in [0.1, 0.15) is 0 Å². The van der Waals surface area contributed by atoms with Crippen LogP contribution in [0.15, 0.2) is 12.4 Å². The van der Waals surface area contributed by atoms with Gasteiger partial charge in [-0.15, -0.1) is 0 Å². The van der Waals surface area contributed by atoms with Crippen LogP contribution in [0.5, 0.6) is 0 Å². The largest absolute Gasteiger partial charge is 0.310 e. The number of nitrogens with one attached hydrogen (secondary N) is 1. The monoisotopic (exact) mass is 291 g/mol. The van der Waals surface area contributed by atoms with E-state index in [1.54, 1.807) is 0 Å². The van der Waals surface area contributed by atoms with Crippen LogP contribution >= 0.6 is 0 Å². The van der Waals surface area contributed by atoms with Gasteiger partial charge in [0.2, 0.25) is 0 Å². The second-order valence-corrected chi connectivity index (χ2v) is 6.62. The molecule has 1 aliphatic carbocycles. The molecule has 3 nitrogen and oxygen atoms in total. The predicted octanol–water partition coefficient (Wildman–Crippen LogP) is 4.69. The fourth-order valence-electron chi connectivity index (χ4n) is 3.49. The molecular formula is C18H33N3. The molecule has 120 valence electrons. The molecule has 0 aromatic carbocycles. The van der Waals surface area contributed by atoms with Crippen molar-refractivity contribution in [2.75, 3.05) is 6.54 Å². The van der Waals surface area contributed by atoms with Gasteiger partial charge in [0, 0.05) is 24.3 Å². The molecule has 0 amide bonds. The van der Waals surface area contributed by atoms with E-state index in [1.807, 2.05) is 0 Å². The van der Waals surface area contributed by atoms with E-state index in [0.717, 1.165) is 25.4 Å². The Hall–Kier alpha value is -0.830. The van der Waals surface area contributed by atoms with Gasteiger partial charge in [0.15, 0.2) is 0 Å². The fraction of sp³-hybridized carbons (Fsp3) is 0.833. The molecule has 0 saturated heterocycles. The Labute approximate surface area is 130 Å². The smallest absolute Gasteiger partial charge is 0.0537 e. The van der Waals surface area contributed by atoms with Crippen LogP contribution in [-0.4, -0.2) is 16.3 Å². The third-order valence-electron chi connectivity index (χ3n) is 4.74. The van der Waals surface area contributed by atoms with Crippen molar-refractivity contribution in [2.24, 2.45) is 5.92 Å². The highest BCUT2D eigenvalue weighted by Crippen LogP contribution is 2.30. The van der Waals surface area contributed by atoms with Crippen molar-refractivity contribution in [3.05, 3.63) is 18.0 Å². The molecule has 1 unspecified atom stereocenters. The molecule has 1 aromatic rings. The molecule has 1 aliphatic rings. The summed E-state index contributed by atoms with van der Waals surface area (Å²) in [5, 5.41) is 8.23. The van der Waals surface area contributed by atoms with E-state index in [-0.39, 0.29) is 0 Å². The molecule has 1 fully saturated rings. The first-order valence-electron chi connectivity index (χ1n) is 9.09. The minimum absolute atomic E-state index is 0.498. The van der Waals surface area contributed by atoms with Crippen molar-refractivity contribution in [2.45, 2.75) is 84.2 Å². The summed E-state index contributed by atoms with van der Waals surface area (Å²) in [7, 11) is 0. The lowest BCUT2D eigenvalue weighted by molar-refractivity contribution is 0.314. The molecule has 0 aliphatic heterocycles. The van der Waals surface area contributed by atoms with Crippen LogP contribution in [0, 0.1) is 5.92 Å². The van der Waals surface area contributed by atoms with Gasteiger partial charge in [-0.3, -0.25) is 4.68 Å². The van der Waals surface area contributed by atoms with Crippen LogP contribution in [0.4, 0.5) is 0 Å². The second kappa shape index (κ2) is 9.24. The zero-order chi connectivity index (χ0) is 14.9. The first-order valence-corrected chi connectivity index (χ1v) is 9.09. The lowest BCUT2D eigenvalue weighted by Crippen LogP contribution is -2.23. The van der Waals surface area contributed by atoms with Crippen molar-refractivity contribution < 1.29 is 0 Å². The molecule has 0 radical (unpaired) electrons. The summed E-state index contributed by atoms with van der Waals surface area (Å²) in [4.78, 5) is 0. The molecule has 3 heteroatoms. The maximum Gasteiger partial charge on any atom is 0.0537 e. The Morgan fingerprint density at radius 3 is 2.76 bits per heavy atom. The summed E-state index contributed by atoms with van der Waals surface area (Å²) < 4.78 is 2.09. The van der Waals surface area contributed by atoms with Crippen LogP contribution < -0.4 is 5.32 Å². The van der Waals surface area contributed by atoms with E-state index in [4.69, 9.17) is 0 Å². The highest BCUT2D eigenvalue weighted by molar-refractivity contribution is 5.10. The maximum atomic E-state index is 4.51. The minimum Gasteiger partial charge on any atom is -0.310 e. The van der Waals surface area contributed by atoms with E-state index in [9.17, 15) is 0 Å². The Morgan fingerprint density at radius 2 is 2.05 bits per heavy atom. The van der Waals surface area contributed by atoms with Crippen molar-refractivity contribution in [1.82, 2.24) is 15.1 Å². The van der Waals surface area contributed by atoms with E-state index in [0.29, 0.717) is 6.04 Å². The van der Waals surface area contributed by atoms with Crippen molar-refractivity contribution in [3.8, 4) is 0 Å². The second-order valence-electron chi connectivity index (χ2n) is 6.62. The minimum atomic E-state index is 0.498. The molecule has 1 heterocycles. The van der Waals surface area contributed by atoms with Gasteiger partial charge >= 0.3 is 0 Å². The summed E-state index contributed by atoms with van der Waals surface area (Å²) >= 11 is 0. The van der Waals surface area contributed by atoms with Crippen LogP contribution in [0.1, 0.15) is 83.2 Å². The topological polar surface area (TPSA) is 29.9 Å². The molecule has 1 saturated carbocycles. The molecule has 2 rings (SSSR count). The SMILES string of the molecule is CCCNC(CCC1CCCCC1)c1cnn(CCC)c1. The molecule has 21 heavy (non-hydrogen) atoms. The predicted molar refractivity (Wildman–Crippen MR) is 89.4 cm³/mol. The highest BCUT2D eigenvalue weighted by atomic mass is 15.3. The van der Waals surface area contributed by atoms with Crippen molar-refractivity contribution in [3.63, 3.8) is 0 Å². The van der Waals surface area contributed by atoms with Gasteiger partial charge in [-0.1, -0.05) is 46.0 Å². The molecular weight excluding hydrogens is 258 g/mol. The molecule has 1 atom stereocenters. The summed E-state index contributed by atoms with van der Waals surface area (Å²) in [6.07, 6.45) is 16.6. The lowest BCUT2D eigenvalue weighted by atomic mass is 9.84. The Morgan fingerprint density at radius 1 is 1.24 bits per heavy atom. The zero-order valence-corrected chi connectivity index (χ0v) is 14.0. The van der Waals surface area contributed by atoms with Gasteiger partial charge in [-0.2, -0.15) is 5.10 Å². The maximum absolute atomic E-state index is 4.51. The number of rotatable bonds is 9. The van der Waals surface area contributed by atoms with Crippen LogP contribution in [-0.2, 0) is 6.54 Å². The number of aryl methyl sites for hydroxylation is 1. The number of aromatic nitrogens is 2. The average Bonchev–Trinajstić information content (AvgIpc) is 2.97. The number of hydrogen-bond acceptors (Lipinski definition) is 2. The normalized spacial score (nSPS) is 18.0. The first kappa shape index (κ1) is 16.5. The summed E-state index contributed by atoms with van der Waals surface area (Å²) in [6, 6.07) is 0.498.